The first-order valence-corrected chi connectivity index (χ1v) is 10.6. The van der Waals surface area contributed by atoms with Crippen molar-refractivity contribution >= 4 is 50.7 Å². The van der Waals surface area contributed by atoms with E-state index >= 15 is 4.39 Å². The van der Waals surface area contributed by atoms with E-state index in [9.17, 15) is 13.2 Å². The molecule has 9 nitrogen and oxygen atoms in total. The van der Waals surface area contributed by atoms with Gasteiger partial charge in [0.05, 0.1) is 22.8 Å². The SMILES string of the molecule is CN1C(NC(=O)O)=NC(C)(c2cccc(Nc3cc(Cl)ccc3N)c2F)CS1(=O)=O. The van der Waals surface area contributed by atoms with Gasteiger partial charge in [-0.1, -0.05) is 23.7 Å². The smallest absolute Gasteiger partial charge is 0.411 e. The Hall–Kier alpha value is -3.05. The second-order valence-electron chi connectivity index (χ2n) is 6.89. The molecule has 1 aliphatic heterocycles. The zero-order chi connectivity index (χ0) is 22.3. The van der Waals surface area contributed by atoms with Crippen molar-refractivity contribution in [3.63, 3.8) is 0 Å². The van der Waals surface area contributed by atoms with Crippen LogP contribution >= 0.6 is 11.6 Å². The lowest BCUT2D eigenvalue weighted by molar-refractivity contribution is 0.199. The van der Waals surface area contributed by atoms with Gasteiger partial charge in [0.2, 0.25) is 16.0 Å². The molecular weight excluding hydrogens is 437 g/mol. The summed E-state index contributed by atoms with van der Waals surface area (Å²) in [5.41, 5.74) is 5.02. The molecule has 1 amide bonds. The number of sulfonamides is 1. The molecule has 0 saturated carbocycles. The van der Waals surface area contributed by atoms with Gasteiger partial charge in [0.25, 0.3) is 0 Å². The van der Waals surface area contributed by atoms with E-state index in [4.69, 9.17) is 22.4 Å². The molecule has 2 aromatic rings. The molecule has 2 aromatic carbocycles. The number of anilines is 3. The lowest BCUT2D eigenvalue weighted by Gasteiger charge is -2.35. The van der Waals surface area contributed by atoms with Crippen LogP contribution in [-0.2, 0) is 15.6 Å². The molecule has 12 heteroatoms. The number of nitrogens with one attached hydrogen (secondary N) is 2. The van der Waals surface area contributed by atoms with Crippen molar-refractivity contribution in [2.75, 3.05) is 23.9 Å². The van der Waals surface area contributed by atoms with Crippen LogP contribution in [-0.4, -0.2) is 42.7 Å². The largest absolute Gasteiger partial charge is 0.465 e. The Morgan fingerprint density at radius 3 is 2.70 bits per heavy atom. The van der Waals surface area contributed by atoms with Gasteiger partial charge >= 0.3 is 6.09 Å². The van der Waals surface area contributed by atoms with Crippen molar-refractivity contribution in [3.05, 3.63) is 52.8 Å². The van der Waals surface area contributed by atoms with Crippen molar-refractivity contribution in [3.8, 4) is 0 Å². The van der Waals surface area contributed by atoms with Gasteiger partial charge in [0.15, 0.2) is 5.82 Å². The van der Waals surface area contributed by atoms with Crippen LogP contribution in [0.3, 0.4) is 0 Å². The summed E-state index contributed by atoms with van der Waals surface area (Å²) in [6.07, 6.45) is -1.49. The fourth-order valence-corrected chi connectivity index (χ4v) is 4.73. The lowest BCUT2D eigenvalue weighted by Crippen LogP contribution is -2.53. The maximum absolute atomic E-state index is 15.4. The molecule has 160 valence electrons. The van der Waals surface area contributed by atoms with Gasteiger partial charge in [-0.2, -0.15) is 0 Å². The zero-order valence-corrected chi connectivity index (χ0v) is 17.6. The Morgan fingerprint density at radius 2 is 2.03 bits per heavy atom. The van der Waals surface area contributed by atoms with E-state index in [1.54, 1.807) is 12.1 Å². The number of nitrogens with two attached hydrogens (primary N) is 1. The summed E-state index contributed by atoms with van der Waals surface area (Å²) in [5, 5.41) is 14.2. The molecule has 0 bridgehead atoms. The molecule has 1 atom stereocenters. The number of halogens is 2. The van der Waals surface area contributed by atoms with Crippen LogP contribution in [0.2, 0.25) is 5.02 Å². The van der Waals surface area contributed by atoms with Gasteiger partial charge in [-0.3, -0.25) is 5.32 Å². The van der Waals surface area contributed by atoms with E-state index in [0.717, 1.165) is 4.31 Å². The first kappa shape index (κ1) is 21.7. The molecule has 5 N–H and O–H groups in total. The summed E-state index contributed by atoms with van der Waals surface area (Å²) in [5.74, 6) is -1.73. The van der Waals surface area contributed by atoms with E-state index in [2.05, 4.69) is 10.3 Å². The predicted octanol–water partition coefficient (Wildman–Crippen LogP) is 2.92. The number of aliphatic imine (C=N–C) groups is 1. The van der Waals surface area contributed by atoms with E-state index in [1.165, 1.54) is 38.2 Å². The highest BCUT2D eigenvalue weighted by molar-refractivity contribution is 7.89. The van der Waals surface area contributed by atoms with E-state index < -0.39 is 39.2 Å². The molecule has 0 aromatic heterocycles. The molecule has 0 aliphatic carbocycles. The number of guanidine groups is 1. The van der Waals surface area contributed by atoms with E-state index in [0.29, 0.717) is 16.4 Å². The second-order valence-corrected chi connectivity index (χ2v) is 9.32. The van der Waals surface area contributed by atoms with Gasteiger partial charge in [-0.15, -0.1) is 0 Å². The highest BCUT2D eigenvalue weighted by atomic mass is 35.5. The lowest BCUT2D eigenvalue weighted by atomic mass is 9.93. The molecule has 1 aliphatic rings. The van der Waals surface area contributed by atoms with Crippen molar-refractivity contribution in [1.29, 1.82) is 0 Å². The third kappa shape index (κ3) is 4.12. The minimum Gasteiger partial charge on any atom is -0.465 e. The number of carbonyl (C=O) groups is 1. The maximum atomic E-state index is 15.4. The molecule has 0 radical (unpaired) electrons. The van der Waals surface area contributed by atoms with Gasteiger partial charge in [0, 0.05) is 17.6 Å². The highest BCUT2D eigenvalue weighted by Crippen LogP contribution is 2.37. The first-order valence-electron chi connectivity index (χ1n) is 8.60. The first-order chi connectivity index (χ1) is 13.9. The average molecular weight is 456 g/mol. The van der Waals surface area contributed by atoms with Crippen LogP contribution in [0, 0.1) is 5.82 Å². The Labute approximate surface area is 177 Å². The Bertz CT molecular complexity index is 1160. The van der Waals surface area contributed by atoms with Crippen LogP contribution in [0.1, 0.15) is 12.5 Å². The summed E-state index contributed by atoms with van der Waals surface area (Å²) < 4.78 is 41.3. The van der Waals surface area contributed by atoms with E-state index in [1.807, 2.05) is 5.32 Å². The normalized spacial score (nSPS) is 20.4. The maximum Gasteiger partial charge on any atom is 0.411 e. The van der Waals surface area contributed by atoms with Crippen molar-refractivity contribution in [2.45, 2.75) is 12.5 Å². The summed E-state index contributed by atoms with van der Waals surface area (Å²) in [4.78, 5) is 15.2. The topological polar surface area (TPSA) is 137 Å². The summed E-state index contributed by atoms with van der Waals surface area (Å²) in [6, 6.07) is 9.04. The van der Waals surface area contributed by atoms with Gasteiger partial charge in [0.1, 0.15) is 5.54 Å². The van der Waals surface area contributed by atoms with Crippen LogP contribution in [0.15, 0.2) is 41.4 Å². The number of carboxylic acid groups (broad SMARTS) is 1. The van der Waals surface area contributed by atoms with Crippen molar-refractivity contribution in [1.82, 2.24) is 9.62 Å². The fraction of sp³-hybridized carbons (Fsp3) is 0.222. The number of amides is 1. The molecule has 1 unspecified atom stereocenters. The number of hydrogen-bond donors (Lipinski definition) is 4. The number of nitrogens with zero attached hydrogens (tertiary/aromatic N) is 2. The van der Waals surface area contributed by atoms with Gasteiger partial charge < -0.3 is 16.2 Å². The molecule has 0 fully saturated rings. The van der Waals surface area contributed by atoms with Crippen LogP contribution < -0.4 is 16.4 Å². The van der Waals surface area contributed by atoms with Crippen LogP contribution in [0.4, 0.5) is 26.2 Å². The summed E-state index contributed by atoms with van der Waals surface area (Å²) >= 11 is 5.97. The fourth-order valence-electron chi connectivity index (χ4n) is 3.09. The third-order valence-corrected chi connectivity index (χ3v) is 6.78. The standard InChI is InChI=1S/C18H19ClFN5O4S/c1-18(9-30(28,29)25(2)16(24-18)23-17(26)27)11-4-3-5-13(15(11)20)22-14-8-10(19)6-7-12(14)21/h3-8,22H,9,21H2,1-2H3,(H,23,24)(H,26,27). The van der Waals surface area contributed by atoms with Crippen LogP contribution in [0.25, 0.3) is 0 Å². The molecular formula is C18H19ClFN5O4S. The number of benzene rings is 2. The molecule has 1 heterocycles. The third-order valence-electron chi connectivity index (χ3n) is 4.61. The Kier molecular flexibility index (Phi) is 5.52. The van der Waals surface area contributed by atoms with Gasteiger partial charge in [-0.25, -0.2) is 26.9 Å². The van der Waals surface area contributed by atoms with Crippen molar-refractivity contribution in [2.24, 2.45) is 4.99 Å². The predicted molar refractivity (Wildman–Crippen MR) is 113 cm³/mol. The number of hydrogen-bond acceptors (Lipinski definition) is 6. The number of rotatable bonds is 3. The summed E-state index contributed by atoms with van der Waals surface area (Å²) in [6.45, 7) is 1.41. The van der Waals surface area contributed by atoms with Gasteiger partial charge in [-0.05, 0) is 31.2 Å². The molecule has 3 rings (SSSR count). The highest BCUT2D eigenvalue weighted by Gasteiger charge is 2.43. The Balaban J connectivity index is 2.09. The van der Waals surface area contributed by atoms with Crippen molar-refractivity contribution < 1.29 is 22.7 Å². The van der Waals surface area contributed by atoms with Crippen LogP contribution in [0.5, 0.6) is 0 Å². The summed E-state index contributed by atoms with van der Waals surface area (Å²) in [7, 11) is -2.79. The molecule has 30 heavy (non-hydrogen) atoms. The average Bonchev–Trinajstić information content (AvgIpc) is 2.63. The second kappa shape index (κ2) is 7.65. The molecule has 0 spiro atoms. The number of nitrogen functional groups attached to an aromatic ring is 1. The minimum atomic E-state index is -3.96. The zero-order valence-electron chi connectivity index (χ0n) is 16.0. The van der Waals surface area contributed by atoms with E-state index in [-0.39, 0.29) is 11.3 Å². The Morgan fingerprint density at radius 1 is 1.33 bits per heavy atom. The monoisotopic (exact) mass is 455 g/mol. The molecule has 0 saturated heterocycles. The minimum absolute atomic E-state index is 0.0296. The quantitative estimate of drug-likeness (QED) is 0.525.